The highest BCUT2D eigenvalue weighted by Crippen LogP contribution is 2.30. The third-order valence-corrected chi connectivity index (χ3v) is 2.26. The molecule has 0 aliphatic carbocycles. The first-order chi connectivity index (χ1) is 5.38. The molecule has 0 amide bonds. The zero-order valence-corrected chi connectivity index (χ0v) is 7.10. The van der Waals surface area contributed by atoms with Crippen molar-refractivity contribution in [1.29, 1.82) is 0 Å². The van der Waals surface area contributed by atoms with Gasteiger partial charge in [-0.2, -0.15) is 0 Å². The fraction of sp³-hybridized carbons (Fsp3) is 0.333. The fourth-order valence-electron chi connectivity index (χ4n) is 1.37. The number of hydrogen-bond donors (Lipinski definition) is 1. The van der Waals surface area contributed by atoms with E-state index in [1.807, 2.05) is 12.1 Å². The molecule has 0 saturated heterocycles. The maximum Gasteiger partial charge on any atom is 0.135 e. The van der Waals surface area contributed by atoms with Crippen LogP contribution in [0.2, 0.25) is 0 Å². The van der Waals surface area contributed by atoms with Crippen LogP contribution in [0.15, 0.2) is 23.1 Å². The maximum absolute atomic E-state index is 5.48. The second-order valence-electron chi connectivity index (χ2n) is 2.72. The molecule has 1 aliphatic heterocycles. The molecule has 0 radical (unpaired) electrons. The van der Waals surface area contributed by atoms with E-state index in [9.17, 15) is 0 Å². The Morgan fingerprint density at radius 2 is 2.27 bits per heavy atom. The number of rotatable bonds is 0. The zero-order chi connectivity index (χ0) is 7.68. The average molecular weight is 166 g/mol. The predicted octanol–water partition coefficient (Wildman–Crippen LogP) is 2.30. The number of thiol groups is 1. The molecule has 2 heteroatoms. The van der Waals surface area contributed by atoms with Gasteiger partial charge in [0.2, 0.25) is 0 Å². The minimum Gasteiger partial charge on any atom is -0.492 e. The van der Waals surface area contributed by atoms with Gasteiger partial charge in [-0.25, -0.2) is 0 Å². The van der Waals surface area contributed by atoms with Crippen molar-refractivity contribution < 1.29 is 4.74 Å². The second kappa shape index (κ2) is 2.78. The Labute approximate surface area is 71.8 Å². The number of para-hydroxylation sites is 1. The quantitative estimate of drug-likeness (QED) is 0.582. The minimum absolute atomic E-state index is 0.838. The molecule has 1 aliphatic rings. The predicted molar refractivity (Wildman–Crippen MR) is 47.5 cm³/mol. The van der Waals surface area contributed by atoms with Gasteiger partial charge >= 0.3 is 0 Å². The lowest BCUT2D eigenvalue weighted by molar-refractivity contribution is 0.281. The summed E-state index contributed by atoms with van der Waals surface area (Å²) in [5.41, 5.74) is 1.30. The molecule has 0 unspecified atom stereocenters. The van der Waals surface area contributed by atoms with E-state index in [0.29, 0.717) is 0 Å². The highest BCUT2D eigenvalue weighted by molar-refractivity contribution is 7.80. The molecule has 1 aromatic carbocycles. The summed E-state index contributed by atoms with van der Waals surface area (Å²) in [6, 6.07) is 6.09. The summed E-state index contributed by atoms with van der Waals surface area (Å²) >= 11 is 4.31. The van der Waals surface area contributed by atoms with Crippen LogP contribution in [0.1, 0.15) is 12.0 Å². The lowest BCUT2D eigenvalue weighted by Gasteiger charge is -2.17. The van der Waals surface area contributed by atoms with Crippen LogP contribution in [-0.4, -0.2) is 6.61 Å². The Morgan fingerprint density at radius 1 is 1.36 bits per heavy atom. The lowest BCUT2D eigenvalue weighted by atomic mass is 10.1. The lowest BCUT2D eigenvalue weighted by Crippen LogP contribution is -2.08. The Balaban J connectivity index is 2.49. The maximum atomic E-state index is 5.48. The van der Waals surface area contributed by atoms with Crippen LogP contribution in [0, 0.1) is 0 Å². The topological polar surface area (TPSA) is 9.23 Å². The standard InChI is InChI=1S/C9H10OS/c11-8-5-1-3-7-4-2-6-10-9(7)8/h1,3,5,11H,2,4,6H2. The molecule has 0 saturated carbocycles. The third-order valence-electron chi connectivity index (χ3n) is 1.91. The summed E-state index contributed by atoms with van der Waals surface area (Å²) < 4.78 is 5.48. The third kappa shape index (κ3) is 1.23. The molecule has 1 aromatic rings. The number of fused-ring (bicyclic) bond motifs is 1. The monoisotopic (exact) mass is 166 g/mol. The SMILES string of the molecule is Sc1cccc2c1OCCC2. The molecule has 0 fully saturated rings. The molecule has 0 spiro atoms. The molecule has 0 atom stereocenters. The van der Waals surface area contributed by atoms with Crippen LogP contribution in [0.25, 0.3) is 0 Å². The van der Waals surface area contributed by atoms with Crippen LogP contribution in [0.3, 0.4) is 0 Å². The van der Waals surface area contributed by atoms with E-state index in [-0.39, 0.29) is 0 Å². The zero-order valence-electron chi connectivity index (χ0n) is 6.21. The molecule has 0 bridgehead atoms. The van der Waals surface area contributed by atoms with Gasteiger partial charge in [0.1, 0.15) is 5.75 Å². The Hall–Kier alpha value is -0.630. The molecule has 2 rings (SSSR count). The van der Waals surface area contributed by atoms with Gasteiger partial charge in [0.15, 0.2) is 0 Å². The van der Waals surface area contributed by atoms with Crippen LogP contribution in [0.4, 0.5) is 0 Å². The summed E-state index contributed by atoms with van der Waals surface area (Å²) in [6.07, 6.45) is 2.26. The molecule has 0 N–H and O–H groups in total. The molecule has 1 heterocycles. The van der Waals surface area contributed by atoms with E-state index in [4.69, 9.17) is 4.74 Å². The summed E-state index contributed by atoms with van der Waals surface area (Å²) in [5.74, 6) is 0.988. The van der Waals surface area contributed by atoms with E-state index < -0.39 is 0 Å². The summed E-state index contributed by atoms with van der Waals surface area (Å²) in [5, 5.41) is 0. The van der Waals surface area contributed by atoms with E-state index in [1.165, 1.54) is 5.56 Å². The van der Waals surface area contributed by atoms with Gasteiger partial charge in [0.25, 0.3) is 0 Å². The number of ether oxygens (including phenoxy) is 1. The summed E-state index contributed by atoms with van der Waals surface area (Å²) in [4.78, 5) is 0.960. The van der Waals surface area contributed by atoms with E-state index in [0.717, 1.165) is 30.1 Å². The molecular formula is C9H10OS. The minimum atomic E-state index is 0.838. The van der Waals surface area contributed by atoms with Crippen molar-refractivity contribution in [3.05, 3.63) is 23.8 Å². The van der Waals surface area contributed by atoms with Crippen molar-refractivity contribution in [3.63, 3.8) is 0 Å². The van der Waals surface area contributed by atoms with E-state index in [1.54, 1.807) is 0 Å². The van der Waals surface area contributed by atoms with E-state index in [2.05, 4.69) is 18.7 Å². The van der Waals surface area contributed by atoms with Gasteiger partial charge in [0, 0.05) is 4.90 Å². The summed E-state index contributed by atoms with van der Waals surface area (Å²) in [6.45, 7) is 0.838. The molecule has 1 nitrogen and oxygen atoms in total. The highest BCUT2D eigenvalue weighted by atomic mass is 32.1. The Bertz CT molecular complexity index is 270. The first-order valence-electron chi connectivity index (χ1n) is 3.81. The first kappa shape index (κ1) is 7.04. The van der Waals surface area contributed by atoms with Crippen molar-refractivity contribution >= 4 is 12.6 Å². The normalized spacial score (nSPS) is 15.4. The Kier molecular flexibility index (Phi) is 1.78. The summed E-state index contributed by atoms with van der Waals surface area (Å²) in [7, 11) is 0. The van der Waals surface area contributed by atoms with Crippen LogP contribution < -0.4 is 4.74 Å². The first-order valence-corrected chi connectivity index (χ1v) is 4.26. The van der Waals surface area contributed by atoms with Gasteiger partial charge in [-0.3, -0.25) is 0 Å². The average Bonchev–Trinajstić information content (AvgIpc) is 2.06. The smallest absolute Gasteiger partial charge is 0.135 e. The van der Waals surface area contributed by atoms with Crippen LogP contribution >= 0.6 is 12.6 Å². The van der Waals surface area contributed by atoms with Gasteiger partial charge in [-0.1, -0.05) is 12.1 Å². The van der Waals surface area contributed by atoms with Crippen molar-refractivity contribution in [2.24, 2.45) is 0 Å². The number of benzene rings is 1. The van der Waals surface area contributed by atoms with Gasteiger partial charge < -0.3 is 4.74 Å². The second-order valence-corrected chi connectivity index (χ2v) is 3.20. The van der Waals surface area contributed by atoms with Crippen molar-refractivity contribution in [1.82, 2.24) is 0 Å². The Morgan fingerprint density at radius 3 is 3.09 bits per heavy atom. The fourth-order valence-corrected chi connectivity index (χ4v) is 1.67. The van der Waals surface area contributed by atoms with Crippen molar-refractivity contribution in [3.8, 4) is 5.75 Å². The van der Waals surface area contributed by atoms with Crippen LogP contribution in [-0.2, 0) is 6.42 Å². The molecule has 11 heavy (non-hydrogen) atoms. The van der Waals surface area contributed by atoms with Crippen molar-refractivity contribution in [2.45, 2.75) is 17.7 Å². The van der Waals surface area contributed by atoms with Crippen molar-refractivity contribution in [2.75, 3.05) is 6.61 Å². The molecule has 0 aromatic heterocycles. The highest BCUT2D eigenvalue weighted by Gasteiger charge is 2.11. The number of hydrogen-bond acceptors (Lipinski definition) is 2. The van der Waals surface area contributed by atoms with Gasteiger partial charge in [0.05, 0.1) is 6.61 Å². The van der Waals surface area contributed by atoms with Crippen LogP contribution in [0.5, 0.6) is 5.75 Å². The van der Waals surface area contributed by atoms with Gasteiger partial charge in [-0.05, 0) is 24.5 Å². The molecule has 58 valence electrons. The van der Waals surface area contributed by atoms with E-state index >= 15 is 0 Å². The number of aryl methyl sites for hydroxylation is 1. The largest absolute Gasteiger partial charge is 0.492 e. The van der Waals surface area contributed by atoms with Gasteiger partial charge in [-0.15, -0.1) is 12.6 Å². The molecular weight excluding hydrogens is 156 g/mol.